The van der Waals surface area contributed by atoms with Crippen molar-refractivity contribution in [3.05, 3.63) is 89.0 Å². The van der Waals surface area contributed by atoms with Crippen molar-refractivity contribution in [2.75, 3.05) is 0 Å². The van der Waals surface area contributed by atoms with E-state index in [0.717, 1.165) is 30.0 Å². The van der Waals surface area contributed by atoms with Crippen LogP contribution in [0.5, 0.6) is 0 Å². The summed E-state index contributed by atoms with van der Waals surface area (Å²) < 4.78 is 2.10. The van der Waals surface area contributed by atoms with E-state index in [2.05, 4.69) is 92.1 Å². The molecule has 4 heteroatoms. The molecule has 0 bridgehead atoms. The van der Waals surface area contributed by atoms with Gasteiger partial charge in [0.2, 0.25) is 0 Å². The molecular weight excluding hydrogens is 368 g/mol. The fourth-order valence-electron chi connectivity index (χ4n) is 4.35. The Kier molecular flexibility index (Phi) is 5.61. The Hall–Kier alpha value is -2.72. The van der Waals surface area contributed by atoms with Crippen molar-refractivity contribution >= 4 is 0 Å². The van der Waals surface area contributed by atoms with Gasteiger partial charge in [-0.3, -0.25) is 4.98 Å². The Labute approximate surface area is 180 Å². The van der Waals surface area contributed by atoms with Gasteiger partial charge in [0, 0.05) is 36.0 Å². The van der Waals surface area contributed by atoms with Crippen LogP contribution in [0.4, 0.5) is 0 Å². The first kappa shape index (κ1) is 20.5. The van der Waals surface area contributed by atoms with E-state index < -0.39 is 0 Å². The predicted molar refractivity (Wildman–Crippen MR) is 123 cm³/mol. The van der Waals surface area contributed by atoms with Crippen LogP contribution in [0.3, 0.4) is 0 Å². The van der Waals surface area contributed by atoms with Crippen molar-refractivity contribution in [2.45, 2.75) is 65.0 Å². The van der Waals surface area contributed by atoms with Crippen molar-refractivity contribution in [3.8, 4) is 5.69 Å². The minimum absolute atomic E-state index is 0.157. The lowest BCUT2D eigenvalue weighted by Crippen LogP contribution is -2.25. The highest BCUT2D eigenvalue weighted by molar-refractivity contribution is 5.43. The standard InChI is InChI=1S/C26H32N4/c1-18-25(20-9-12-22(16-20)28-17-23-8-6-7-15-27-23)19(2)30(29-18)24-13-10-21(11-14-24)26(3,4)5/h6-15,20,22,28H,16-17H2,1-5H3. The van der Waals surface area contributed by atoms with Crippen LogP contribution in [-0.2, 0) is 12.0 Å². The third-order valence-corrected chi connectivity index (χ3v) is 6.05. The van der Waals surface area contributed by atoms with Crippen LogP contribution in [0.1, 0.15) is 61.3 Å². The van der Waals surface area contributed by atoms with Gasteiger partial charge in [-0.15, -0.1) is 0 Å². The highest BCUT2D eigenvalue weighted by Gasteiger charge is 2.26. The van der Waals surface area contributed by atoms with Gasteiger partial charge >= 0.3 is 0 Å². The zero-order valence-electron chi connectivity index (χ0n) is 18.7. The summed E-state index contributed by atoms with van der Waals surface area (Å²) in [7, 11) is 0. The molecule has 2 heterocycles. The molecule has 0 aliphatic heterocycles. The first-order valence-electron chi connectivity index (χ1n) is 10.8. The molecule has 2 unspecified atom stereocenters. The van der Waals surface area contributed by atoms with Gasteiger partial charge in [-0.05, 0) is 55.5 Å². The summed E-state index contributed by atoms with van der Waals surface area (Å²) in [6, 6.07) is 15.2. The van der Waals surface area contributed by atoms with Gasteiger partial charge < -0.3 is 5.32 Å². The van der Waals surface area contributed by atoms with Crippen molar-refractivity contribution in [1.82, 2.24) is 20.1 Å². The van der Waals surface area contributed by atoms with Crippen LogP contribution < -0.4 is 5.32 Å². The molecule has 4 nitrogen and oxygen atoms in total. The number of benzene rings is 1. The number of aryl methyl sites for hydroxylation is 1. The van der Waals surface area contributed by atoms with Crippen LogP contribution in [0.25, 0.3) is 5.69 Å². The van der Waals surface area contributed by atoms with Crippen molar-refractivity contribution in [2.24, 2.45) is 0 Å². The SMILES string of the molecule is Cc1nn(-c2ccc(C(C)(C)C)cc2)c(C)c1C1C=CC(NCc2ccccn2)C1. The number of rotatable bonds is 5. The Morgan fingerprint density at radius 2 is 1.80 bits per heavy atom. The summed E-state index contributed by atoms with van der Waals surface area (Å²) in [5.41, 5.74) is 7.41. The number of nitrogens with one attached hydrogen (secondary N) is 1. The maximum atomic E-state index is 4.89. The molecule has 1 aliphatic rings. The lowest BCUT2D eigenvalue weighted by molar-refractivity contribution is 0.554. The second kappa shape index (κ2) is 8.19. The van der Waals surface area contributed by atoms with Crippen LogP contribution in [0, 0.1) is 13.8 Å². The quantitative estimate of drug-likeness (QED) is 0.585. The number of aromatic nitrogens is 3. The zero-order chi connectivity index (χ0) is 21.3. The minimum Gasteiger partial charge on any atom is -0.305 e. The topological polar surface area (TPSA) is 42.7 Å². The van der Waals surface area contributed by atoms with Crippen LogP contribution in [-0.4, -0.2) is 20.8 Å². The highest BCUT2D eigenvalue weighted by atomic mass is 15.3. The van der Waals surface area contributed by atoms with Gasteiger partial charge in [0.05, 0.1) is 17.1 Å². The molecule has 0 saturated heterocycles. The lowest BCUT2D eigenvalue weighted by Gasteiger charge is -2.19. The third kappa shape index (κ3) is 4.24. The van der Waals surface area contributed by atoms with Gasteiger partial charge in [-0.2, -0.15) is 5.10 Å². The van der Waals surface area contributed by atoms with E-state index in [1.165, 1.54) is 16.8 Å². The number of pyridine rings is 1. The summed E-state index contributed by atoms with van der Waals surface area (Å²) in [5.74, 6) is 0.397. The van der Waals surface area contributed by atoms with E-state index in [1.807, 2.05) is 18.3 Å². The highest BCUT2D eigenvalue weighted by Crippen LogP contribution is 2.34. The molecule has 1 aromatic carbocycles. The average molecular weight is 401 g/mol. The molecule has 30 heavy (non-hydrogen) atoms. The minimum atomic E-state index is 0.157. The number of hydrogen-bond donors (Lipinski definition) is 1. The zero-order valence-corrected chi connectivity index (χ0v) is 18.7. The Bertz CT molecular complexity index is 1020. The molecule has 0 amide bonds. The fourth-order valence-corrected chi connectivity index (χ4v) is 4.35. The summed E-state index contributed by atoms with van der Waals surface area (Å²) in [4.78, 5) is 4.40. The molecule has 0 saturated carbocycles. The summed E-state index contributed by atoms with van der Waals surface area (Å²) in [5, 5.41) is 8.51. The molecule has 0 spiro atoms. The summed E-state index contributed by atoms with van der Waals surface area (Å²) in [6.45, 7) is 11.8. The molecule has 1 aliphatic carbocycles. The van der Waals surface area contributed by atoms with E-state index in [4.69, 9.17) is 5.10 Å². The van der Waals surface area contributed by atoms with E-state index >= 15 is 0 Å². The maximum absolute atomic E-state index is 4.89. The summed E-state index contributed by atoms with van der Waals surface area (Å²) >= 11 is 0. The van der Waals surface area contributed by atoms with Crippen LogP contribution in [0.15, 0.2) is 60.8 Å². The summed E-state index contributed by atoms with van der Waals surface area (Å²) in [6.07, 6.45) is 7.53. The van der Waals surface area contributed by atoms with E-state index in [9.17, 15) is 0 Å². The first-order chi connectivity index (χ1) is 14.3. The third-order valence-electron chi connectivity index (χ3n) is 6.05. The molecule has 3 aromatic rings. The second-order valence-corrected chi connectivity index (χ2v) is 9.33. The second-order valence-electron chi connectivity index (χ2n) is 9.33. The van der Waals surface area contributed by atoms with Gasteiger partial charge in [-0.25, -0.2) is 4.68 Å². The molecule has 1 N–H and O–H groups in total. The van der Waals surface area contributed by atoms with E-state index in [-0.39, 0.29) is 5.41 Å². The lowest BCUT2D eigenvalue weighted by atomic mass is 9.87. The fraction of sp³-hybridized carbons (Fsp3) is 0.385. The monoisotopic (exact) mass is 400 g/mol. The first-order valence-corrected chi connectivity index (χ1v) is 10.8. The van der Waals surface area contributed by atoms with Crippen LogP contribution in [0.2, 0.25) is 0 Å². The molecular formula is C26H32N4. The molecule has 2 atom stereocenters. The average Bonchev–Trinajstić information content (AvgIpc) is 3.30. The Morgan fingerprint density at radius 1 is 1.03 bits per heavy atom. The molecule has 2 aromatic heterocycles. The number of hydrogen-bond acceptors (Lipinski definition) is 3. The largest absolute Gasteiger partial charge is 0.305 e. The molecule has 156 valence electrons. The normalized spacial score (nSPS) is 18.8. The molecule has 0 radical (unpaired) electrons. The molecule has 4 rings (SSSR count). The van der Waals surface area contributed by atoms with E-state index in [1.54, 1.807) is 0 Å². The number of nitrogens with zero attached hydrogens (tertiary/aromatic N) is 3. The Morgan fingerprint density at radius 3 is 2.47 bits per heavy atom. The number of allylic oxidation sites excluding steroid dienone is 1. The predicted octanol–water partition coefficient (Wildman–Crippen LogP) is 5.38. The van der Waals surface area contributed by atoms with Gasteiger partial charge in [0.1, 0.15) is 0 Å². The van der Waals surface area contributed by atoms with Crippen molar-refractivity contribution in [3.63, 3.8) is 0 Å². The van der Waals surface area contributed by atoms with Crippen molar-refractivity contribution in [1.29, 1.82) is 0 Å². The molecule has 0 fully saturated rings. The maximum Gasteiger partial charge on any atom is 0.0649 e. The smallest absolute Gasteiger partial charge is 0.0649 e. The van der Waals surface area contributed by atoms with E-state index in [0.29, 0.717) is 12.0 Å². The van der Waals surface area contributed by atoms with Gasteiger partial charge in [-0.1, -0.05) is 51.1 Å². The Balaban J connectivity index is 1.48. The van der Waals surface area contributed by atoms with Gasteiger partial charge in [0.15, 0.2) is 0 Å². The van der Waals surface area contributed by atoms with Gasteiger partial charge in [0.25, 0.3) is 0 Å². The van der Waals surface area contributed by atoms with Crippen LogP contribution >= 0.6 is 0 Å². The van der Waals surface area contributed by atoms with Crippen molar-refractivity contribution < 1.29 is 0 Å².